The van der Waals surface area contributed by atoms with Crippen LogP contribution in [0.25, 0.3) is 11.3 Å². The molecule has 0 bridgehead atoms. The zero-order chi connectivity index (χ0) is 20.8. The average Bonchev–Trinajstić information content (AvgIpc) is 3.17. The highest BCUT2D eigenvalue weighted by molar-refractivity contribution is 5.95. The second-order valence-corrected chi connectivity index (χ2v) is 6.54. The van der Waals surface area contributed by atoms with Crippen LogP contribution in [0.3, 0.4) is 0 Å². The van der Waals surface area contributed by atoms with Gasteiger partial charge in [0.15, 0.2) is 0 Å². The Balaban J connectivity index is 1.58. The minimum atomic E-state index is -0.621. The summed E-state index contributed by atoms with van der Waals surface area (Å²) in [5.41, 5.74) is 5.61. The summed E-state index contributed by atoms with van der Waals surface area (Å²) in [4.78, 5) is 16.3. The standard InChI is InChI=1S/C23H18FN5O/c24-21-11-5-4-10-20(21)23(30)27-26-14-19-16-29(15-17-7-2-1-3-8-17)28-22(19)18-9-6-12-25-13-18/h1-14,16H,15H2,(H,27,30)/b26-14-. The Labute approximate surface area is 172 Å². The fraction of sp³-hybridized carbons (Fsp3) is 0.0435. The van der Waals surface area contributed by atoms with Crippen molar-refractivity contribution >= 4 is 12.1 Å². The predicted octanol–water partition coefficient (Wildman–Crippen LogP) is 3.90. The van der Waals surface area contributed by atoms with Crippen LogP contribution in [-0.4, -0.2) is 26.9 Å². The largest absolute Gasteiger partial charge is 0.274 e. The maximum Gasteiger partial charge on any atom is 0.274 e. The van der Waals surface area contributed by atoms with E-state index in [1.807, 2.05) is 48.7 Å². The molecule has 0 aliphatic heterocycles. The normalized spacial score (nSPS) is 11.0. The van der Waals surface area contributed by atoms with Crippen LogP contribution in [0.15, 0.2) is 90.4 Å². The number of carbonyl (C=O) groups is 1. The SMILES string of the molecule is O=C(N/N=C\c1cn(Cc2ccccc2)nc1-c1cccnc1)c1ccccc1F. The number of aromatic nitrogens is 3. The summed E-state index contributed by atoms with van der Waals surface area (Å²) >= 11 is 0. The second-order valence-electron chi connectivity index (χ2n) is 6.54. The highest BCUT2D eigenvalue weighted by Crippen LogP contribution is 2.20. The zero-order valence-electron chi connectivity index (χ0n) is 15.9. The molecule has 2 heterocycles. The molecule has 0 aliphatic rings. The van der Waals surface area contributed by atoms with Gasteiger partial charge in [0.2, 0.25) is 0 Å². The lowest BCUT2D eigenvalue weighted by atomic mass is 10.1. The summed E-state index contributed by atoms with van der Waals surface area (Å²) in [5.74, 6) is -1.22. The van der Waals surface area contributed by atoms with E-state index in [2.05, 4.69) is 20.6 Å². The Kier molecular flexibility index (Phi) is 5.70. The van der Waals surface area contributed by atoms with Crippen LogP contribution in [0.4, 0.5) is 4.39 Å². The van der Waals surface area contributed by atoms with Gasteiger partial charge >= 0.3 is 0 Å². The van der Waals surface area contributed by atoms with E-state index in [9.17, 15) is 9.18 Å². The van der Waals surface area contributed by atoms with Crippen molar-refractivity contribution in [1.29, 1.82) is 0 Å². The predicted molar refractivity (Wildman–Crippen MR) is 112 cm³/mol. The number of hydrogen-bond acceptors (Lipinski definition) is 4. The summed E-state index contributed by atoms with van der Waals surface area (Å²) in [6, 6.07) is 19.4. The van der Waals surface area contributed by atoms with Crippen molar-refractivity contribution in [2.24, 2.45) is 5.10 Å². The van der Waals surface area contributed by atoms with Crippen molar-refractivity contribution in [2.45, 2.75) is 6.54 Å². The fourth-order valence-corrected chi connectivity index (χ4v) is 2.98. The van der Waals surface area contributed by atoms with E-state index in [-0.39, 0.29) is 5.56 Å². The number of benzene rings is 2. The van der Waals surface area contributed by atoms with Crippen LogP contribution in [0, 0.1) is 5.82 Å². The van der Waals surface area contributed by atoms with E-state index in [0.717, 1.165) is 11.1 Å². The average molecular weight is 399 g/mol. The van der Waals surface area contributed by atoms with Gasteiger partial charge in [-0.3, -0.25) is 14.5 Å². The maximum atomic E-state index is 13.8. The number of halogens is 1. The third-order valence-electron chi connectivity index (χ3n) is 4.40. The van der Waals surface area contributed by atoms with Crippen molar-refractivity contribution in [1.82, 2.24) is 20.2 Å². The summed E-state index contributed by atoms with van der Waals surface area (Å²) in [6.07, 6.45) is 6.74. The molecule has 0 atom stereocenters. The Morgan fingerprint density at radius 1 is 1.07 bits per heavy atom. The first-order valence-electron chi connectivity index (χ1n) is 9.30. The van der Waals surface area contributed by atoms with Crippen LogP contribution >= 0.6 is 0 Å². The smallest absolute Gasteiger partial charge is 0.267 e. The number of hydrazone groups is 1. The van der Waals surface area contributed by atoms with Gasteiger partial charge in [-0.05, 0) is 29.8 Å². The Morgan fingerprint density at radius 3 is 2.63 bits per heavy atom. The zero-order valence-corrected chi connectivity index (χ0v) is 15.9. The van der Waals surface area contributed by atoms with E-state index in [0.29, 0.717) is 17.8 Å². The Hall–Kier alpha value is -4.13. The minimum Gasteiger partial charge on any atom is -0.267 e. The lowest BCUT2D eigenvalue weighted by molar-refractivity contribution is 0.0951. The van der Waals surface area contributed by atoms with Crippen LogP contribution in [-0.2, 0) is 6.54 Å². The number of nitrogens with one attached hydrogen (secondary N) is 1. The van der Waals surface area contributed by atoms with Gasteiger partial charge in [0.05, 0.1) is 18.3 Å². The number of hydrogen-bond donors (Lipinski definition) is 1. The van der Waals surface area contributed by atoms with Gasteiger partial charge in [-0.25, -0.2) is 9.82 Å². The highest BCUT2D eigenvalue weighted by Gasteiger charge is 2.12. The number of amides is 1. The molecule has 0 aliphatic carbocycles. The molecule has 1 amide bonds. The molecule has 6 nitrogen and oxygen atoms in total. The molecule has 0 fully saturated rings. The first-order chi connectivity index (χ1) is 14.7. The van der Waals surface area contributed by atoms with Crippen molar-refractivity contribution in [3.05, 3.63) is 108 Å². The number of pyridine rings is 1. The van der Waals surface area contributed by atoms with Crippen molar-refractivity contribution in [3.8, 4) is 11.3 Å². The highest BCUT2D eigenvalue weighted by atomic mass is 19.1. The molecule has 0 saturated carbocycles. The number of carbonyl (C=O) groups excluding carboxylic acids is 1. The van der Waals surface area contributed by atoms with E-state index >= 15 is 0 Å². The molecular weight excluding hydrogens is 381 g/mol. The molecule has 7 heteroatoms. The van der Waals surface area contributed by atoms with Gasteiger partial charge in [0.25, 0.3) is 5.91 Å². The van der Waals surface area contributed by atoms with Crippen LogP contribution in [0.1, 0.15) is 21.5 Å². The fourth-order valence-electron chi connectivity index (χ4n) is 2.98. The number of nitrogens with zero attached hydrogens (tertiary/aromatic N) is 4. The number of rotatable bonds is 6. The molecule has 4 aromatic rings. The Bertz CT molecular complexity index is 1170. The van der Waals surface area contributed by atoms with Crippen LogP contribution in [0.5, 0.6) is 0 Å². The summed E-state index contributed by atoms with van der Waals surface area (Å²) in [6.45, 7) is 0.587. The molecule has 148 valence electrons. The minimum absolute atomic E-state index is 0.0677. The summed E-state index contributed by atoms with van der Waals surface area (Å²) < 4.78 is 15.6. The summed E-state index contributed by atoms with van der Waals surface area (Å²) in [5, 5.41) is 8.66. The van der Waals surface area contributed by atoms with E-state index in [1.165, 1.54) is 24.4 Å². The van der Waals surface area contributed by atoms with Gasteiger partial charge in [0.1, 0.15) is 11.5 Å². The van der Waals surface area contributed by atoms with Crippen molar-refractivity contribution < 1.29 is 9.18 Å². The topological polar surface area (TPSA) is 72.2 Å². The van der Waals surface area contributed by atoms with Crippen LogP contribution in [0.2, 0.25) is 0 Å². The molecule has 1 N–H and O–H groups in total. The first kappa shape index (κ1) is 19.2. The lowest BCUT2D eigenvalue weighted by Gasteiger charge is -2.01. The van der Waals surface area contributed by atoms with Crippen molar-refractivity contribution in [2.75, 3.05) is 0 Å². The second kappa shape index (κ2) is 8.91. The van der Waals surface area contributed by atoms with E-state index in [1.54, 1.807) is 23.1 Å². The van der Waals surface area contributed by atoms with Gasteiger partial charge in [-0.2, -0.15) is 10.2 Å². The van der Waals surface area contributed by atoms with Crippen molar-refractivity contribution in [3.63, 3.8) is 0 Å². The first-order valence-corrected chi connectivity index (χ1v) is 9.30. The molecule has 0 saturated heterocycles. The molecule has 30 heavy (non-hydrogen) atoms. The van der Waals surface area contributed by atoms with Gasteiger partial charge in [-0.1, -0.05) is 42.5 Å². The lowest BCUT2D eigenvalue weighted by Crippen LogP contribution is -2.18. The molecule has 2 aromatic heterocycles. The maximum absolute atomic E-state index is 13.8. The van der Waals surface area contributed by atoms with Gasteiger partial charge in [-0.15, -0.1) is 0 Å². The molecule has 0 spiro atoms. The quantitative estimate of drug-likeness (QED) is 0.395. The molecular formula is C23H18FN5O. The van der Waals surface area contributed by atoms with Gasteiger partial charge < -0.3 is 0 Å². The monoisotopic (exact) mass is 399 g/mol. The third kappa shape index (κ3) is 4.47. The molecule has 0 radical (unpaired) electrons. The molecule has 4 rings (SSSR count). The molecule has 2 aromatic carbocycles. The third-order valence-corrected chi connectivity index (χ3v) is 4.40. The van der Waals surface area contributed by atoms with E-state index in [4.69, 9.17) is 0 Å². The van der Waals surface area contributed by atoms with Gasteiger partial charge in [0, 0.05) is 29.7 Å². The summed E-state index contributed by atoms with van der Waals surface area (Å²) in [7, 11) is 0. The van der Waals surface area contributed by atoms with E-state index < -0.39 is 11.7 Å². The van der Waals surface area contributed by atoms with Crippen LogP contribution < -0.4 is 5.43 Å². The molecule has 0 unspecified atom stereocenters. The Morgan fingerprint density at radius 2 is 1.87 bits per heavy atom.